The van der Waals surface area contributed by atoms with Crippen molar-refractivity contribution in [2.24, 2.45) is 5.92 Å². The van der Waals surface area contributed by atoms with Crippen molar-refractivity contribution in [1.82, 2.24) is 14.6 Å². The molecule has 0 bridgehead atoms. The Hall–Kier alpha value is -1.83. The lowest BCUT2D eigenvalue weighted by Crippen LogP contribution is -2.08. The Morgan fingerprint density at radius 1 is 1.43 bits per heavy atom. The third-order valence-electron chi connectivity index (χ3n) is 3.16. The first kappa shape index (κ1) is 15.6. The van der Waals surface area contributed by atoms with Crippen LogP contribution in [0, 0.1) is 5.92 Å². The van der Waals surface area contributed by atoms with Crippen molar-refractivity contribution in [3.63, 3.8) is 0 Å². The van der Waals surface area contributed by atoms with Crippen LogP contribution in [0.2, 0.25) is 0 Å². The van der Waals surface area contributed by atoms with E-state index in [9.17, 15) is 13.2 Å². The van der Waals surface area contributed by atoms with E-state index in [4.69, 9.17) is 5.11 Å². The van der Waals surface area contributed by atoms with Gasteiger partial charge in [0.05, 0.1) is 0 Å². The summed E-state index contributed by atoms with van der Waals surface area (Å²) in [7, 11) is 0. The number of nitrogens with zero attached hydrogens (tertiary/aromatic N) is 3. The van der Waals surface area contributed by atoms with E-state index in [-0.39, 0.29) is 12.5 Å². The number of alkyl halides is 3. The second-order valence-corrected chi connectivity index (χ2v) is 4.99. The summed E-state index contributed by atoms with van der Waals surface area (Å²) in [6.45, 7) is 2.64. The van der Waals surface area contributed by atoms with Crippen LogP contribution in [0.5, 0.6) is 0 Å². The van der Waals surface area contributed by atoms with Gasteiger partial charge in [0.25, 0.3) is 0 Å². The highest BCUT2D eigenvalue weighted by atomic mass is 19.4. The average Bonchev–Trinajstić information content (AvgIpc) is 2.88. The molecule has 0 aromatic carbocycles. The maximum absolute atomic E-state index is 12.7. The maximum Gasteiger partial charge on any atom is 0.435 e. The van der Waals surface area contributed by atoms with Gasteiger partial charge in [-0.3, -0.25) is 0 Å². The van der Waals surface area contributed by atoms with E-state index >= 15 is 0 Å². The highest BCUT2D eigenvalue weighted by Gasteiger charge is 2.34. The van der Waals surface area contributed by atoms with Gasteiger partial charge in [-0.2, -0.15) is 18.3 Å². The number of nitrogens with one attached hydrogen (secondary N) is 1. The van der Waals surface area contributed by atoms with E-state index in [0.29, 0.717) is 17.9 Å². The van der Waals surface area contributed by atoms with Crippen molar-refractivity contribution in [3.05, 3.63) is 24.2 Å². The fourth-order valence-electron chi connectivity index (χ4n) is 1.95. The Labute approximate surface area is 119 Å². The van der Waals surface area contributed by atoms with Gasteiger partial charge in [0.2, 0.25) is 0 Å². The van der Waals surface area contributed by atoms with Crippen molar-refractivity contribution in [3.8, 4) is 0 Å². The first-order chi connectivity index (χ1) is 9.91. The molecular weight excluding hydrogens is 285 g/mol. The van der Waals surface area contributed by atoms with E-state index < -0.39 is 11.9 Å². The molecule has 0 aliphatic rings. The number of halogens is 3. The molecule has 1 unspecified atom stereocenters. The summed E-state index contributed by atoms with van der Waals surface area (Å²) in [4.78, 5) is 4.05. The van der Waals surface area contributed by atoms with Gasteiger partial charge < -0.3 is 10.4 Å². The van der Waals surface area contributed by atoms with E-state index in [1.807, 2.05) is 6.92 Å². The van der Waals surface area contributed by atoms with Gasteiger partial charge in [-0.15, -0.1) is 0 Å². The summed E-state index contributed by atoms with van der Waals surface area (Å²) >= 11 is 0. The summed E-state index contributed by atoms with van der Waals surface area (Å²) in [5, 5.41) is 15.4. The Morgan fingerprint density at radius 2 is 2.19 bits per heavy atom. The first-order valence-corrected chi connectivity index (χ1v) is 6.68. The summed E-state index contributed by atoms with van der Waals surface area (Å²) in [6.07, 6.45) is -0.0628. The Kier molecular flexibility index (Phi) is 4.66. The lowest BCUT2D eigenvalue weighted by atomic mass is 10.1. The van der Waals surface area contributed by atoms with Crippen LogP contribution in [0.3, 0.4) is 0 Å². The molecule has 0 saturated heterocycles. The van der Waals surface area contributed by atoms with Crippen LogP contribution >= 0.6 is 0 Å². The normalized spacial score (nSPS) is 13.6. The molecule has 8 heteroatoms. The summed E-state index contributed by atoms with van der Waals surface area (Å²) < 4.78 is 39.1. The van der Waals surface area contributed by atoms with Gasteiger partial charge in [0.1, 0.15) is 5.52 Å². The molecule has 0 spiro atoms. The van der Waals surface area contributed by atoms with E-state index in [1.54, 1.807) is 0 Å². The monoisotopic (exact) mass is 302 g/mol. The number of anilines is 1. The molecule has 0 amide bonds. The molecule has 0 fully saturated rings. The predicted molar refractivity (Wildman–Crippen MR) is 72.0 cm³/mol. The second-order valence-electron chi connectivity index (χ2n) is 4.99. The van der Waals surface area contributed by atoms with Gasteiger partial charge in [0, 0.05) is 31.6 Å². The fraction of sp³-hybridized carbons (Fsp3) is 0.538. The minimum atomic E-state index is -4.47. The van der Waals surface area contributed by atoms with E-state index in [2.05, 4.69) is 15.4 Å². The maximum atomic E-state index is 12.7. The zero-order valence-corrected chi connectivity index (χ0v) is 11.6. The van der Waals surface area contributed by atoms with Crippen molar-refractivity contribution >= 4 is 11.3 Å². The minimum absolute atomic E-state index is 0.130. The molecule has 2 rings (SSSR count). The number of fused-ring (bicyclic) bond motifs is 1. The quantitative estimate of drug-likeness (QED) is 0.805. The van der Waals surface area contributed by atoms with Crippen LogP contribution in [0.15, 0.2) is 18.5 Å². The van der Waals surface area contributed by atoms with Crippen molar-refractivity contribution in [1.29, 1.82) is 0 Å². The van der Waals surface area contributed by atoms with Gasteiger partial charge in [0.15, 0.2) is 11.5 Å². The number of aromatic nitrogens is 3. The fourth-order valence-corrected chi connectivity index (χ4v) is 1.95. The Balaban J connectivity index is 2.08. The Morgan fingerprint density at radius 3 is 2.86 bits per heavy atom. The van der Waals surface area contributed by atoms with Crippen LogP contribution in [0.25, 0.3) is 5.52 Å². The van der Waals surface area contributed by atoms with Gasteiger partial charge >= 0.3 is 6.18 Å². The van der Waals surface area contributed by atoms with E-state index in [1.165, 1.54) is 12.4 Å². The standard InChI is InChI=1S/C13H17F3N4O/c1-9(8-21)3-2-4-17-12-10-7-11(13(14,15)16)19-20(10)6-5-18-12/h5-7,9,21H,2-4,8H2,1H3,(H,17,18). The van der Waals surface area contributed by atoms with Crippen LogP contribution in [-0.2, 0) is 6.18 Å². The average molecular weight is 302 g/mol. The first-order valence-electron chi connectivity index (χ1n) is 6.68. The molecule has 2 heterocycles. The molecule has 21 heavy (non-hydrogen) atoms. The third-order valence-corrected chi connectivity index (χ3v) is 3.16. The molecule has 0 aliphatic heterocycles. The molecule has 116 valence electrons. The highest BCUT2D eigenvalue weighted by Crippen LogP contribution is 2.30. The molecule has 0 aliphatic carbocycles. The number of rotatable bonds is 6. The largest absolute Gasteiger partial charge is 0.435 e. The van der Waals surface area contributed by atoms with Crippen LogP contribution in [0.1, 0.15) is 25.5 Å². The topological polar surface area (TPSA) is 62.5 Å². The zero-order chi connectivity index (χ0) is 15.5. The number of aliphatic hydroxyl groups excluding tert-OH is 1. The number of hydrogen-bond donors (Lipinski definition) is 2. The molecule has 0 radical (unpaired) electrons. The number of aliphatic hydroxyl groups is 1. The number of hydrogen-bond acceptors (Lipinski definition) is 4. The van der Waals surface area contributed by atoms with Gasteiger partial charge in [-0.1, -0.05) is 6.92 Å². The summed E-state index contributed by atoms with van der Waals surface area (Å²) in [6, 6.07) is 0.978. The Bertz CT molecular complexity index is 597. The highest BCUT2D eigenvalue weighted by molar-refractivity contribution is 5.67. The lowest BCUT2D eigenvalue weighted by molar-refractivity contribution is -0.141. The van der Waals surface area contributed by atoms with Crippen LogP contribution in [0.4, 0.5) is 19.0 Å². The van der Waals surface area contributed by atoms with Crippen molar-refractivity contribution < 1.29 is 18.3 Å². The molecule has 2 N–H and O–H groups in total. The molecule has 2 aromatic heterocycles. The molecule has 2 aromatic rings. The lowest BCUT2D eigenvalue weighted by Gasteiger charge is -2.09. The summed E-state index contributed by atoms with van der Waals surface area (Å²) in [5.41, 5.74) is -0.646. The van der Waals surface area contributed by atoms with Crippen LogP contribution < -0.4 is 5.32 Å². The molecule has 5 nitrogen and oxygen atoms in total. The van der Waals surface area contributed by atoms with Crippen molar-refractivity contribution in [2.45, 2.75) is 25.9 Å². The predicted octanol–water partition coefficient (Wildman–Crippen LogP) is 2.57. The molecule has 1 atom stereocenters. The minimum Gasteiger partial charge on any atom is -0.396 e. The van der Waals surface area contributed by atoms with Gasteiger partial charge in [-0.25, -0.2) is 9.50 Å². The molecular formula is C13H17F3N4O. The van der Waals surface area contributed by atoms with E-state index in [0.717, 1.165) is 23.4 Å². The zero-order valence-electron chi connectivity index (χ0n) is 11.6. The third kappa shape index (κ3) is 3.84. The SMILES string of the molecule is CC(CO)CCCNc1nccn2nc(C(F)(F)F)cc12. The smallest absolute Gasteiger partial charge is 0.396 e. The van der Waals surface area contributed by atoms with Crippen molar-refractivity contribution in [2.75, 3.05) is 18.5 Å². The molecule has 0 saturated carbocycles. The second kappa shape index (κ2) is 6.30. The van der Waals surface area contributed by atoms with Crippen LogP contribution in [-0.4, -0.2) is 32.9 Å². The van der Waals surface area contributed by atoms with Gasteiger partial charge in [-0.05, 0) is 18.8 Å². The summed E-state index contributed by atoms with van der Waals surface area (Å²) in [5.74, 6) is 0.583.